The number of aryl methyl sites for hydroxylation is 2. The van der Waals surface area contributed by atoms with Gasteiger partial charge < -0.3 is 5.32 Å². The molecular weight excluding hydrogens is 278 g/mol. The average molecular weight is 292 g/mol. The van der Waals surface area contributed by atoms with Crippen molar-refractivity contribution in [3.63, 3.8) is 0 Å². The van der Waals surface area contributed by atoms with Crippen LogP contribution in [0.1, 0.15) is 21.5 Å². The van der Waals surface area contributed by atoms with Gasteiger partial charge >= 0.3 is 0 Å². The van der Waals surface area contributed by atoms with Crippen LogP contribution < -0.4 is 5.32 Å². The average Bonchev–Trinajstić information content (AvgIpc) is 2.36. The highest BCUT2D eigenvalue weighted by Gasteiger charge is 2.10. The maximum Gasteiger partial charge on any atom is 0.255 e. The van der Waals surface area contributed by atoms with Crippen LogP contribution in [-0.4, -0.2) is 5.91 Å². The highest BCUT2D eigenvalue weighted by Crippen LogP contribution is 2.21. The molecule has 2 rings (SSSR count). The molecule has 0 saturated carbocycles. The minimum absolute atomic E-state index is 0.159. The predicted molar refractivity (Wildman–Crippen MR) is 82.6 cm³/mol. The van der Waals surface area contributed by atoms with E-state index in [1.807, 2.05) is 38.1 Å². The summed E-state index contributed by atoms with van der Waals surface area (Å²) >= 11 is 10.3. The molecule has 0 saturated heterocycles. The van der Waals surface area contributed by atoms with Gasteiger partial charge in [0, 0.05) is 21.2 Å². The smallest absolute Gasteiger partial charge is 0.255 e. The Morgan fingerprint density at radius 3 is 2.47 bits per heavy atom. The Hall–Kier alpha value is -1.45. The predicted octanol–water partition coefficient (Wildman–Crippen LogP) is 4.50. The normalized spacial score (nSPS) is 10.3. The Morgan fingerprint density at radius 1 is 1.11 bits per heavy atom. The molecule has 0 heterocycles. The summed E-state index contributed by atoms with van der Waals surface area (Å²) in [7, 11) is 0. The maximum absolute atomic E-state index is 12.2. The van der Waals surface area contributed by atoms with Crippen molar-refractivity contribution in [1.82, 2.24) is 0 Å². The molecule has 98 valence electrons. The summed E-state index contributed by atoms with van der Waals surface area (Å²) in [4.78, 5) is 13.0. The lowest BCUT2D eigenvalue weighted by Crippen LogP contribution is -2.13. The van der Waals surface area contributed by atoms with E-state index in [2.05, 4.69) is 17.9 Å². The molecule has 2 aromatic rings. The van der Waals surface area contributed by atoms with Crippen molar-refractivity contribution in [2.75, 3.05) is 5.32 Å². The molecule has 0 unspecified atom stereocenters. The first kappa shape index (κ1) is 14.0. The van der Waals surface area contributed by atoms with Gasteiger partial charge in [-0.25, -0.2) is 0 Å². The van der Waals surface area contributed by atoms with Crippen LogP contribution in [0.5, 0.6) is 0 Å². The van der Waals surface area contributed by atoms with Gasteiger partial charge in [0.15, 0.2) is 0 Å². The number of hydrogen-bond acceptors (Lipinski definition) is 2. The fraction of sp³-hybridized carbons (Fsp3) is 0.133. The molecule has 1 amide bonds. The van der Waals surface area contributed by atoms with Gasteiger partial charge in [-0.2, -0.15) is 0 Å². The first-order chi connectivity index (χ1) is 8.97. The van der Waals surface area contributed by atoms with Gasteiger partial charge in [0.1, 0.15) is 0 Å². The van der Waals surface area contributed by atoms with E-state index in [1.165, 1.54) is 0 Å². The molecule has 4 heteroatoms. The molecule has 0 aliphatic rings. The van der Waals surface area contributed by atoms with Crippen molar-refractivity contribution in [3.8, 4) is 0 Å². The standard InChI is InChI=1S/C15H14ClNOS/c1-9-4-6-12(19)8-13(9)15(18)17-11-5-3-10(2)14(16)7-11/h3-8,19H,1-2H3,(H,17,18). The van der Waals surface area contributed by atoms with Crippen LogP contribution in [0.2, 0.25) is 5.02 Å². The van der Waals surface area contributed by atoms with Crippen LogP contribution in [0, 0.1) is 13.8 Å². The number of carbonyl (C=O) groups is 1. The zero-order chi connectivity index (χ0) is 14.0. The van der Waals surface area contributed by atoms with Crippen LogP contribution >= 0.6 is 24.2 Å². The molecule has 2 aromatic carbocycles. The number of rotatable bonds is 2. The summed E-state index contributed by atoms with van der Waals surface area (Å²) in [5.74, 6) is -0.159. The van der Waals surface area contributed by atoms with Crippen LogP contribution in [0.15, 0.2) is 41.3 Å². The number of nitrogens with one attached hydrogen (secondary N) is 1. The van der Waals surface area contributed by atoms with E-state index in [1.54, 1.807) is 12.1 Å². The van der Waals surface area contributed by atoms with Gasteiger partial charge in [0.2, 0.25) is 0 Å². The zero-order valence-electron chi connectivity index (χ0n) is 10.7. The summed E-state index contributed by atoms with van der Waals surface area (Å²) in [5, 5.41) is 3.47. The highest BCUT2D eigenvalue weighted by atomic mass is 35.5. The van der Waals surface area contributed by atoms with Crippen molar-refractivity contribution in [3.05, 3.63) is 58.1 Å². The second kappa shape index (κ2) is 5.68. The van der Waals surface area contributed by atoms with Crippen molar-refractivity contribution in [2.24, 2.45) is 0 Å². The van der Waals surface area contributed by atoms with Crippen molar-refractivity contribution in [1.29, 1.82) is 0 Å². The molecule has 0 aromatic heterocycles. The van der Waals surface area contributed by atoms with Gasteiger partial charge in [-0.3, -0.25) is 4.79 Å². The quantitative estimate of drug-likeness (QED) is 0.784. The molecule has 0 bridgehead atoms. The van der Waals surface area contributed by atoms with Crippen LogP contribution in [0.25, 0.3) is 0 Å². The van der Waals surface area contributed by atoms with E-state index in [0.29, 0.717) is 16.3 Å². The Bertz CT molecular complexity index is 640. The van der Waals surface area contributed by atoms with Gasteiger partial charge in [-0.05, 0) is 49.2 Å². The van der Waals surface area contributed by atoms with E-state index in [4.69, 9.17) is 11.6 Å². The summed E-state index contributed by atoms with van der Waals surface area (Å²) in [5.41, 5.74) is 3.19. The Balaban J connectivity index is 2.25. The van der Waals surface area contributed by atoms with Crippen molar-refractivity contribution >= 4 is 35.8 Å². The van der Waals surface area contributed by atoms with E-state index >= 15 is 0 Å². The lowest BCUT2D eigenvalue weighted by molar-refractivity contribution is 0.102. The third-order valence-electron chi connectivity index (χ3n) is 2.90. The Labute approximate surface area is 123 Å². The monoisotopic (exact) mass is 291 g/mol. The van der Waals surface area contributed by atoms with Crippen LogP contribution in [0.3, 0.4) is 0 Å². The largest absolute Gasteiger partial charge is 0.322 e. The van der Waals surface area contributed by atoms with E-state index in [0.717, 1.165) is 16.0 Å². The second-order valence-electron chi connectivity index (χ2n) is 4.42. The van der Waals surface area contributed by atoms with E-state index < -0.39 is 0 Å². The molecule has 0 spiro atoms. The second-order valence-corrected chi connectivity index (χ2v) is 5.34. The molecule has 1 N–H and O–H groups in total. The molecular formula is C15H14ClNOS. The van der Waals surface area contributed by atoms with Crippen molar-refractivity contribution < 1.29 is 4.79 Å². The number of halogens is 1. The fourth-order valence-electron chi connectivity index (χ4n) is 1.72. The van der Waals surface area contributed by atoms with Gasteiger partial charge in [0.05, 0.1) is 0 Å². The number of amides is 1. The molecule has 0 fully saturated rings. The summed E-state index contributed by atoms with van der Waals surface area (Å²) in [6.45, 7) is 3.81. The maximum atomic E-state index is 12.2. The Morgan fingerprint density at radius 2 is 1.79 bits per heavy atom. The number of anilines is 1. The van der Waals surface area contributed by atoms with Gasteiger partial charge in [-0.1, -0.05) is 23.7 Å². The summed E-state index contributed by atoms with van der Waals surface area (Å²) < 4.78 is 0. The first-order valence-corrected chi connectivity index (χ1v) is 6.67. The molecule has 2 nitrogen and oxygen atoms in total. The molecule has 19 heavy (non-hydrogen) atoms. The summed E-state index contributed by atoms with van der Waals surface area (Å²) in [6.07, 6.45) is 0. The lowest BCUT2D eigenvalue weighted by atomic mass is 10.1. The SMILES string of the molecule is Cc1ccc(NC(=O)c2cc(S)ccc2C)cc1Cl. The van der Waals surface area contributed by atoms with Crippen LogP contribution in [0.4, 0.5) is 5.69 Å². The summed E-state index contributed by atoms with van der Waals surface area (Å²) in [6, 6.07) is 10.9. The number of thiol groups is 1. The number of hydrogen-bond donors (Lipinski definition) is 2. The van der Waals surface area contributed by atoms with Gasteiger partial charge in [0.25, 0.3) is 5.91 Å². The first-order valence-electron chi connectivity index (χ1n) is 5.84. The number of carbonyl (C=O) groups excluding carboxylic acids is 1. The fourth-order valence-corrected chi connectivity index (χ4v) is 2.11. The topological polar surface area (TPSA) is 29.1 Å². The Kier molecular flexibility index (Phi) is 4.17. The minimum Gasteiger partial charge on any atom is -0.322 e. The molecule has 0 atom stereocenters. The van der Waals surface area contributed by atoms with Crippen LogP contribution in [-0.2, 0) is 0 Å². The lowest BCUT2D eigenvalue weighted by Gasteiger charge is -2.09. The third-order valence-corrected chi connectivity index (χ3v) is 3.58. The van der Waals surface area contributed by atoms with E-state index in [-0.39, 0.29) is 5.91 Å². The molecule has 0 aliphatic heterocycles. The minimum atomic E-state index is -0.159. The zero-order valence-corrected chi connectivity index (χ0v) is 12.3. The molecule has 0 radical (unpaired) electrons. The van der Waals surface area contributed by atoms with Gasteiger partial charge in [-0.15, -0.1) is 12.6 Å². The van der Waals surface area contributed by atoms with Crippen molar-refractivity contribution in [2.45, 2.75) is 18.7 Å². The number of benzene rings is 2. The van der Waals surface area contributed by atoms with E-state index in [9.17, 15) is 4.79 Å². The highest BCUT2D eigenvalue weighted by molar-refractivity contribution is 7.80. The third kappa shape index (κ3) is 3.31. The molecule has 0 aliphatic carbocycles.